The molecule has 0 radical (unpaired) electrons. The summed E-state index contributed by atoms with van der Waals surface area (Å²) < 4.78 is 0. The molecule has 0 unspecified atom stereocenters. The monoisotopic (exact) mass is 106 g/mol. The smallest absolute Gasteiger partial charge is 0.103 e. The molecule has 0 aliphatic heterocycles. The van der Waals surface area contributed by atoms with E-state index in [0.29, 0.717) is 6.42 Å². The van der Waals surface area contributed by atoms with Crippen LogP contribution in [0, 0.1) is 0 Å². The molecule has 0 aromatic rings. The maximum atomic E-state index is 8.40. The summed E-state index contributed by atoms with van der Waals surface area (Å²) in [6.07, 6.45) is 0.615. The zero-order valence-corrected chi connectivity index (χ0v) is 4.37. The molecule has 2 heteroatoms. The minimum atomic E-state index is 0.233. The summed E-state index contributed by atoms with van der Waals surface area (Å²) in [5.74, 6) is 0.233. The predicted molar refractivity (Wildman–Crippen MR) is 26.9 cm³/mol. The van der Waals surface area contributed by atoms with Gasteiger partial charge in [0.05, 0.1) is 0 Å². The molecule has 0 heterocycles. The van der Waals surface area contributed by atoms with Crippen LogP contribution in [0.25, 0.3) is 0 Å². The number of allylic oxidation sites excluding steroid dienone is 1. The van der Waals surface area contributed by atoms with Gasteiger partial charge in [0, 0.05) is 12.0 Å². The maximum Gasteiger partial charge on any atom is 0.103 e. The van der Waals surface area contributed by atoms with Crippen molar-refractivity contribution in [2.75, 3.05) is 0 Å². The molecular formula is C4H7ClO. The van der Waals surface area contributed by atoms with E-state index >= 15 is 0 Å². The number of aliphatic hydroxyl groups is 1. The topological polar surface area (TPSA) is 20.2 Å². The fraction of sp³-hybridized carbons (Fsp3) is 0.500. The fourth-order valence-corrected chi connectivity index (χ4v) is 0.231. The molecule has 36 valence electrons. The van der Waals surface area contributed by atoms with E-state index in [1.54, 1.807) is 0 Å². The Morgan fingerprint density at radius 2 is 2.50 bits per heavy atom. The van der Waals surface area contributed by atoms with E-state index < -0.39 is 0 Å². The van der Waals surface area contributed by atoms with Crippen molar-refractivity contribution in [2.45, 2.75) is 13.3 Å². The van der Waals surface area contributed by atoms with Crippen molar-refractivity contribution in [2.24, 2.45) is 0 Å². The van der Waals surface area contributed by atoms with Gasteiger partial charge in [-0.3, -0.25) is 0 Å². The largest absolute Gasteiger partial charge is 0.511 e. The molecule has 0 rings (SSSR count). The second-order valence-corrected chi connectivity index (χ2v) is 1.17. The molecule has 1 N–H and O–H groups in total. The molecule has 0 aliphatic rings. The van der Waals surface area contributed by atoms with Crippen molar-refractivity contribution in [1.82, 2.24) is 0 Å². The first kappa shape index (κ1) is 5.83. The van der Waals surface area contributed by atoms with Crippen molar-refractivity contribution in [3.8, 4) is 0 Å². The second kappa shape index (κ2) is 3.04. The van der Waals surface area contributed by atoms with Gasteiger partial charge < -0.3 is 5.11 Å². The Balaban J connectivity index is 3.22. The Morgan fingerprint density at radius 1 is 2.00 bits per heavy atom. The fourth-order valence-electron chi connectivity index (χ4n) is 0.0772. The van der Waals surface area contributed by atoms with E-state index in [1.807, 2.05) is 6.92 Å². The number of hydrogen-bond donors (Lipinski definition) is 1. The van der Waals surface area contributed by atoms with Gasteiger partial charge in [-0.1, -0.05) is 18.5 Å². The Kier molecular flexibility index (Phi) is 2.95. The van der Waals surface area contributed by atoms with Crippen LogP contribution in [-0.4, -0.2) is 5.11 Å². The quantitative estimate of drug-likeness (QED) is 0.507. The van der Waals surface area contributed by atoms with Gasteiger partial charge in [0.25, 0.3) is 0 Å². The molecule has 1 nitrogen and oxygen atoms in total. The van der Waals surface area contributed by atoms with E-state index in [1.165, 1.54) is 5.54 Å². The van der Waals surface area contributed by atoms with Gasteiger partial charge in [-0.05, 0) is 0 Å². The van der Waals surface area contributed by atoms with E-state index in [-0.39, 0.29) is 5.76 Å². The third-order valence-corrected chi connectivity index (χ3v) is 0.740. The van der Waals surface area contributed by atoms with Gasteiger partial charge in [0.1, 0.15) is 5.76 Å². The van der Waals surface area contributed by atoms with Crippen LogP contribution in [0.3, 0.4) is 0 Å². The van der Waals surface area contributed by atoms with Crippen LogP contribution < -0.4 is 0 Å². The van der Waals surface area contributed by atoms with E-state index in [0.717, 1.165) is 0 Å². The van der Waals surface area contributed by atoms with Crippen LogP contribution in [0.2, 0.25) is 0 Å². The summed E-state index contributed by atoms with van der Waals surface area (Å²) in [5.41, 5.74) is 1.17. The highest BCUT2D eigenvalue weighted by Gasteiger charge is 1.78. The molecular weight excluding hydrogens is 99.5 g/mol. The zero-order valence-electron chi connectivity index (χ0n) is 3.61. The second-order valence-electron chi connectivity index (χ2n) is 0.954. The zero-order chi connectivity index (χ0) is 4.99. The van der Waals surface area contributed by atoms with Crippen LogP contribution in [0.15, 0.2) is 11.3 Å². The SMILES string of the molecule is CCC(O)=CCl. The van der Waals surface area contributed by atoms with E-state index in [4.69, 9.17) is 16.7 Å². The molecule has 6 heavy (non-hydrogen) atoms. The highest BCUT2D eigenvalue weighted by atomic mass is 35.5. The van der Waals surface area contributed by atoms with Crippen molar-refractivity contribution in [1.29, 1.82) is 0 Å². The highest BCUT2D eigenvalue weighted by molar-refractivity contribution is 6.25. The summed E-state index contributed by atoms with van der Waals surface area (Å²) in [7, 11) is 0. The predicted octanol–water partition coefficient (Wildman–Crippen LogP) is 2.03. The van der Waals surface area contributed by atoms with Gasteiger partial charge in [-0.25, -0.2) is 0 Å². The molecule has 0 saturated carbocycles. The summed E-state index contributed by atoms with van der Waals surface area (Å²) in [4.78, 5) is 0. The number of halogens is 1. The maximum absolute atomic E-state index is 8.40. The first-order valence-corrected chi connectivity index (χ1v) is 2.23. The molecule has 0 aromatic heterocycles. The molecule has 0 bridgehead atoms. The van der Waals surface area contributed by atoms with Crippen LogP contribution in [0.5, 0.6) is 0 Å². The van der Waals surface area contributed by atoms with Crippen molar-refractivity contribution in [3.63, 3.8) is 0 Å². The first-order chi connectivity index (χ1) is 2.81. The van der Waals surface area contributed by atoms with Crippen LogP contribution in [0.4, 0.5) is 0 Å². The summed E-state index contributed by atoms with van der Waals surface area (Å²) in [6.45, 7) is 1.83. The standard InChI is InChI=1S/C4H7ClO/c1-2-4(6)3-5/h3,6H,2H2,1H3. The highest BCUT2D eigenvalue weighted by Crippen LogP contribution is 1.94. The summed E-state index contributed by atoms with van der Waals surface area (Å²) in [6, 6.07) is 0. The molecule has 0 saturated heterocycles. The minimum Gasteiger partial charge on any atom is -0.511 e. The molecule has 0 aliphatic carbocycles. The van der Waals surface area contributed by atoms with Crippen LogP contribution in [-0.2, 0) is 0 Å². The normalized spacial score (nSPS) is 12.0. The van der Waals surface area contributed by atoms with Gasteiger partial charge >= 0.3 is 0 Å². The van der Waals surface area contributed by atoms with Crippen LogP contribution in [0.1, 0.15) is 13.3 Å². The molecule has 0 spiro atoms. The van der Waals surface area contributed by atoms with Crippen molar-refractivity contribution < 1.29 is 5.11 Å². The van der Waals surface area contributed by atoms with E-state index in [2.05, 4.69) is 0 Å². The van der Waals surface area contributed by atoms with Gasteiger partial charge in [-0.15, -0.1) is 0 Å². The minimum absolute atomic E-state index is 0.233. The summed E-state index contributed by atoms with van der Waals surface area (Å²) >= 11 is 5.04. The molecule has 0 aromatic carbocycles. The van der Waals surface area contributed by atoms with Gasteiger partial charge in [0.15, 0.2) is 0 Å². The lowest BCUT2D eigenvalue weighted by atomic mass is 10.4. The Morgan fingerprint density at radius 3 is 2.50 bits per heavy atom. The average Bonchev–Trinajstić information content (AvgIpc) is 1.65. The lowest BCUT2D eigenvalue weighted by molar-refractivity contribution is 0.396. The van der Waals surface area contributed by atoms with E-state index in [9.17, 15) is 0 Å². The molecule has 0 amide bonds. The van der Waals surface area contributed by atoms with Crippen molar-refractivity contribution >= 4 is 11.6 Å². The Bertz CT molecular complexity index is 58.6. The number of hydrogen-bond acceptors (Lipinski definition) is 1. The lowest BCUT2D eigenvalue weighted by Crippen LogP contribution is -1.69. The average molecular weight is 107 g/mol. The third kappa shape index (κ3) is 2.09. The summed E-state index contributed by atoms with van der Waals surface area (Å²) in [5, 5.41) is 8.40. The van der Waals surface area contributed by atoms with Gasteiger partial charge in [-0.2, -0.15) is 0 Å². The first-order valence-electron chi connectivity index (χ1n) is 1.79. The van der Waals surface area contributed by atoms with Crippen molar-refractivity contribution in [3.05, 3.63) is 11.3 Å². The lowest BCUT2D eigenvalue weighted by Gasteiger charge is -1.83. The number of rotatable bonds is 1. The third-order valence-electron chi connectivity index (χ3n) is 0.488. The molecule has 0 atom stereocenters. The number of aliphatic hydroxyl groups excluding tert-OH is 1. The van der Waals surface area contributed by atoms with Gasteiger partial charge in [0.2, 0.25) is 0 Å². The Hall–Kier alpha value is -0.170. The van der Waals surface area contributed by atoms with Crippen LogP contribution >= 0.6 is 11.6 Å². The Labute approximate surface area is 42.2 Å². The molecule has 0 fully saturated rings.